The number of carbonyl (C=O) groups excluding carboxylic acids is 1. The third kappa shape index (κ3) is 1.82. The van der Waals surface area contributed by atoms with Gasteiger partial charge in [-0.3, -0.25) is 4.79 Å². The van der Waals surface area contributed by atoms with Gasteiger partial charge in [-0.1, -0.05) is 19.9 Å². The second-order valence-electron chi connectivity index (χ2n) is 4.31. The van der Waals surface area contributed by atoms with Crippen LogP contribution in [0, 0.1) is 0 Å². The second-order valence-corrected chi connectivity index (χ2v) is 4.31. The molecular formula is C12H16N2O. The van der Waals surface area contributed by atoms with Crippen molar-refractivity contribution in [1.82, 2.24) is 0 Å². The van der Waals surface area contributed by atoms with Gasteiger partial charge in [-0.2, -0.15) is 0 Å². The lowest BCUT2D eigenvalue weighted by atomic mass is 10.0. The van der Waals surface area contributed by atoms with E-state index in [1.165, 1.54) is 5.56 Å². The van der Waals surface area contributed by atoms with Gasteiger partial charge in [0.15, 0.2) is 0 Å². The molecule has 0 aromatic heterocycles. The van der Waals surface area contributed by atoms with E-state index in [0.717, 1.165) is 11.4 Å². The van der Waals surface area contributed by atoms with Gasteiger partial charge in [0.25, 0.3) is 0 Å². The van der Waals surface area contributed by atoms with Crippen LogP contribution in [0.3, 0.4) is 0 Å². The first kappa shape index (κ1) is 10.0. The Morgan fingerprint density at radius 1 is 1.27 bits per heavy atom. The zero-order valence-electron chi connectivity index (χ0n) is 9.29. The first-order chi connectivity index (χ1) is 7.08. The summed E-state index contributed by atoms with van der Waals surface area (Å²) < 4.78 is 0. The minimum atomic E-state index is -0.153. The molecular weight excluding hydrogens is 188 g/mol. The topological polar surface area (TPSA) is 41.1 Å². The Balaban J connectivity index is 2.37. The molecule has 0 fully saturated rings. The van der Waals surface area contributed by atoms with Crippen LogP contribution >= 0.6 is 0 Å². The molecule has 1 aliphatic heterocycles. The van der Waals surface area contributed by atoms with Crippen molar-refractivity contribution >= 4 is 17.3 Å². The number of amides is 1. The van der Waals surface area contributed by atoms with Crippen molar-refractivity contribution in [1.29, 1.82) is 0 Å². The molecule has 80 valence electrons. The predicted molar refractivity (Wildman–Crippen MR) is 62.2 cm³/mol. The fourth-order valence-electron chi connectivity index (χ4n) is 1.69. The van der Waals surface area contributed by atoms with Gasteiger partial charge < -0.3 is 10.6 Å². The lowest BCUT2D eigenvalue weighted by Crippen LogP contribution is -2.36. The minimum Gasteiger partial charge on any atom is -0.372 e. The Labute approximate surface area is 89.9 Å². The average Bonchev–Trinajstić information content (AvgIpc) is 2.19. The van der Waals surface area contributed by atoms with E-state index in [2.05, 4.69) is 36.6 Å². The number of nitrogens with one attached hydrogen (secondary N) is 2. The number of hydrogen-bond donors (Lipinski definition) is 2. The van der Waals surface area contributed by atoms with Crippen molar-refractivity contribution in [3.8, 4) is 0 Å². The Kier molecular flexibility index (Phi) is 2.39. The van der Waals surface area contributed by atoms with Gasteiger partial charge in [-0.15, -0.1) is 0 Å². The van der Waals surface area contributed by atoms with E-state index in [9.17, 15) is 4.79 Å². The first-order valence-corrected chi connectivity index (χ1v) is 5.29. The highest BCUT2D eigenvalue weighted by molar-refractivity contribution is 6.02. The molecule has 1 atom stereocenters. The van der Waals surface area contributed by atoms with Crippen molar-refractivity contribution in [3.05, 3.63) is 23.8 Å². The molecule has 1 aliphatic rings. The van der Waals surface area contributed by atoms with Crippen molar-refractivity contribution in [2.45, 2.75) is 32.7 Å². The Morgan fingerprint density at radius 2 is 2.00 bits per heavy atom. The Morgan fingerprint density at radius 3 is 2.67 bits per heavy atom. The highest BCUT2D eigenvalue weighted by atomic mass is 16.2. The van der Waals surface area contributed by atoms with Crippen LogP contribution in [0.15, 0.2) is 18.2 Å². The summed E-state index contributed by atoms with van der Waals surface area (Å²) in [4.78, 5) is 11.4. The molecule has 15 heavy (non-hydrogen) atoms. The van der Waals surface area contributed by atoms with Crippen LogP contribution in [0.5, 0.6) is 0 Å². The molecule has 1 unspecified atom stereocenters. The molecule has 2 N–H and O–H groups in total. The van der Waals surface area contributed by atoms with E-state index in [-0.39, 0.29) is 11.9 Å². The third-order valence-electron chi connectivity index (χ3n) is 2.73. The third-order valence-corrected chi connectivity index (χ3v) is 2.73. The molecule has 0 saturated heterocycles. The van der Waals surface area contributed by atoms with Gasteiger partial charge in [0.05, 0.1) is 11.4 Å². The molecule has 3 heteroatoms. The molecule has 1 heterocycles. The number of anilines is 2. The SMILES string of the molecule is CC1Nc2cc(C(C)C)ccc2NC1=O. The highest BCUT2D eigenvalue weighted by Crippen LogP contribution is 2.30. The van der Waals surface area contributed by atoms with Crippen molar-refractivity contribution in [3.63, 3.8) is 0 Å². The van der Waals surface area contributed by atoms with Crippen LogP contribution in [0.2, 0.25) is 0 Å². The van der Waals surface area contributed by atoms with Gasteiger partial charge in [0.2, 0.25) is 5.91 Å². The molecule has 2 rings (SSSR count). The average molecular weight is 204 g/mol. The van der Waals surface area contributed by atoms with Crippen molar-refractivity contribution < 1.29 is 4.79 Å². The number of rotatable bonds is 1. The van der Waals surface area contributed by atoms with E-state index >= 15 is 0 Å². The van der Waals surface area contributed by atoms with Crippen molar-refractivity contribution in [2.24, 2.45) is 0 Å². The van der Waals surface area contributed by atoms with E-state index in [1.54, 1.807) is 0 Å². The normalized spacial score (nSPS) is 19.5. The maximum Gasteiger partial charge on any atom is 0.246 e. The maximum atomic E-state index is 11.4. The maximum absolute atomic E-state index is 11.4. The number of carbonyl (C=O) groups is 1. The van der Waals surface area contributed by atoms with E-state index in [0.29, 0.717) is 5.92 Å². The molecule has 0 bridgehead atoms. The molecule has 0 radical (unpaired) electrons. The van der Waals surface area contributed by atoms with Crippen LogP contribution in [0.1, 0.15) is 32.3 Å². The van der Waals surface area contributed by atoms with E-state index < -0.39 is 0 Å². The summed E-state index contributed by atoms with van der Waals surface area (Å²) in [6.07, 6.45) is 0. The summed E-state index contributed by atoms with van der Waals surface area (Å²) in [5, 5.41) is 6.07. The summed E-state index contributed by atoms with van der Waals surface area (Å²) >= 11 is 0. The molecule has 3 nitrogen and oxygen atoms in total. The quantitative estimate of drug-likeness (QED) is 0.738. The Bertz CT molecular complexity index is 399. The fraction of sp³-hybridized carbons (Fsp3) is 0.417. The van der Waals surface area contributed by atoms with Crippen LogP contribution in [-0.4, -0.2) is 11.9 Å². The molecule has 0 aliphatic carbocycles. The summed E-state index contributed by atoms with van der Waals surface area (Å²) in [6.45, 7) is 6.18. The number of hydrogen-bond acceptors (Lipinski definition) is 2. The van der Waals surface area contributed by atoms with Gasteiger partial charge in [0, 0.05) is 0 Å². The van der Waals surface area contributed by atoms with Crippen LogP contribution in [0.4, 0.5) is 11.4 Å². The summed E-state index contributed by atoms with van der Waals surface area (Å²) in [5.74, 6) is 0.532. The zero-order valence-corrected chi connectivity index (χ0v) is 9.29. The first-order valence-electron chi connectivity index (χ1n) is 5.29. The number of fused-ring (bicyclic) bond motifs is 1. The largest absolute Gasteiger partial charge is 0.372 e. The van der Waals surface area contributed by atoms with E-state index in [4.69, 9.17) is 0 Å². The van der Waals surface area contributed by atoms with Gasteiger partial charge in [-0.05, 0) is 30.5 Å². The summed E-state index contributed by atoms with van der Waals surface area (Å²) in [6, 6.07) is 5.97. The summed E-state index contributed by atoms with van der Waals surface area (Å²) in [7, 11) is 0. The number of benzene rings is 1. The lowest BCUT2D eigenvalue weighted by Gasteiger charge is -2.25. The van der Waals surface area contributed by atoms with Gasteiger partial charge in [0.1, 0.15) is 6.04 Å². The standard InChI is InChI=1S/C12H16N2O/c1-7(2)9-4-5-10-11(6-9)13-8(3)12(15)14-10/h4-8,13H,1-3H3,(H,14,15). The predicted octanol–water partition coefficient (Wildman–Crippen LogP) is 2.56. The lowest BCUT2D eigenvalue weighted by molar-refractivity contribution is -0.116. The smallest absolute Gasteiger partial charge is 0.246 e. The Hall–Kier alpha value is -1.51. The van der Waals surface area contributed by atoms with Gasteiger partial charge >= 0.3 is 0 Å². The van der Waals surface area contributed by atoms with Crippen molar-refractivity contribution in [2.75, 3.05) is 10.6 Å². The zero-order chi connectivity index (χ0) is 11.0. The second kappa shape index (κ2) is 3.57. The summed E-state index contributed by atoms with van der Waals surface area (Å²) in [5.41, 5.74) is 3.18. The highest BCUT2D eigenvalue weighted by Gasteiger charge is 2.21. The van der Waals surface area contributed by atoms with Crippen LogP contribution in [0.25, 0.3) is 0 Å². The van der Waals surface area contributed by atoms with Crippen LogP contribution < -0.4 is 10.6 Å². The van der Waals surface area contributed by atoms with E-state index in [1.807, 2.05) is 13.0 Å². The van der Waals surface area contributed by atoms with Gasteiger partial charge in [-0.25, -0.2) is 0 Å². The molecule has 1 amide bonds. The molecule has 0 spiro atoms. The molecule has 1 aromatic carbocycles. The van der Waals surface area contributed by atoms with Crippen LogP contribution in [-0.2, 0) is 4.79 Å². The molecule has 0 saturated carbocycles. The minimum absolute atomic E-state index is 0.0276. The monoisotopic (exact) mass is 204 g/mol. The fourth-order valence-corrected chi connectivity index (χ4v) is 1.69. The molecule has 1 aromatic rings.